The lowest BCUT2D eigenvalue weighted by Crippen LogP contribution is -2.41. The molecule has 1 N–H and O–H groups in total. The third kappa shape index (κ3) is 3.52. The molecule has 0 aromatic carbocycles. The fourth-order valence-electron chi connectivity index (χ4n) is 5.21. The predicted octanol–water partition coefficient (Wildman–Crippen LogP) is 2.44. The van der Waals surface area contributed by atoms with Crippen LogP contribution in [0.3, 0.4) is 0 Å². The van der Waals surface area contributed by atoms with Gasteiger partial charge in [0.25, 0.3) is 5.56 Å². The second-order valence-electron chi connectivity index (χ2n) is 9.37. The number of carbonyl (C=O) groups is 1. The normalized spacial score (nSPS) is 21.6. The van der Waals surface area contributed by atoms with E-state index < -0.39 is 0 Å². The van der Waals surface area contributed by atoms with E-state index in [-0.39, 0.29) is 23.4 Å². The average Bonchev–Trinajstić information content (AvgIpc) is 3.59. The summed E-state index contributed by atoms with van der Waals surface area (Å²) in [5.74, 6) is 0.366. The molecule has 0 radical (unpaired) electrons. The molecule has 8 heteroatoms. The second kappa shape index (κ2) is 7.85. The number of aromatic amines is 1. The van der Waals surface area contributed by atoms with Gasteiger partial charge in [-0.3, -0.25) is 24.6 Å². The molecule has 0 spiro atoms. The standard InChI is InChI=1S/C24H28N6O2/c31-23(17-6-7-17)29-11-8-19-18(15-29)24(32)30-22(26-19)12-20(27-30)21-5-1-2-10-28(21)14-16-4-3-9-25-13-16/h3-4,9,12-13,17,21,27H,1-2,5-8,10-11,14-15H2. The maximum Gasteiger partial charge on any atom is 0.277 e. The molecular weight excluding hydrogens is 404 g/mol. The molecule has 0 bridgehead atoms. The van der Waals surface area contributed by atoms with Gasteiger partial charge in [0.2, 0.25) is 5.91 Å². The molecule has 1 aliphatic carbocycles. The van der Waals surface area contributed by atoms with Crippen molar-refractivity contribution >= 4 is 11.6 Å². The third-order valence-corrected chi connectivity index (χ3v) is 7.10. The van der Waals surface area contributed by atoms with Crippen molar-refractivity contribution in [1.29, 1.82) is 0 Å². The molecule has 5 heterocycles. The highest BCUT2D eigenvalue weighted by atomic mass is 16.2. The van der Waals surface area contributed by atoms with Gasteiger partial charge in [-0.15, -0.1) is 0 Å². The zero-order chi connectivity index (χ0) is 21.7. The van der Waals surface area contributed by atoms with E-state index in [4.69, 9.17) is 4.98 Å². The number of aromatic nitrogens is 4. The topological polar surface area (TPSA) is 86.6 Å². The number of amides is 1. The number of nitrogens with one attached hydrogen (secondary N) is 1. The molecular formula is C24H28N6O2. The van der Waals surface area contributed by atoms with E-state index in [2.05, 4.69) is 21.0 Å². The Bertz CT molecular complexity index is 1210. The van der Waals surface area contributed by atoms with Crippen molar-refractivity contribution in [2.24, 2.45) is 5.92 Å². The number of likely N-dealkylation sites (tertiary alicyclic amines) is 1. The number of nitrogens with zero attached hydrogens (tertiary/aromatic N) is 5. The molecule has 166 valence electrons. The van der Waals surface area contributed by atoms with E-state index in [0.717, 1.165) is 43.7 Å². The van der Waals surface area contributed by atoms with Crippen LogP contribution in [0.1, 0.15) is 60.7 Å². The van der Waals surface area contributed by atoms with Crippen LogP contribution < -0.4 is 5.56 Å². The molecule has 6 rings (SSSR count). The van der Waals surface area contributed by atoms with Crippen molar-refractivity contribution in [3.05, 3.63) is 63.5 Å². The van der Waals surface area contributed by atoms with E-state index in [1.807, 2.05) is 23.2 Å². The van der Waals surface area contributed by atoms with Crippen LogP contribution in [-0.4, -0.2) is 48.4 Å². The van der Waals surface area contributed by atoms with E-state index in [1.54, 1.807) is 10.7 Å². The van der Waals surface area contributed by atoms with Gasteiger partial charge in [0.15, 0.2) is 5.65 Å². The Morgan fingerprint density at radius 1 is 1.19 bits per heavy atom. The molecule has 1 unspecified atom stereocenters. The smallest absolute Gasteiger partial charge is 0.277 e. The molecule has 3 aromatic rings. The molecule has 3 aromatic heterocycles. The summed E-state index contributed by atoms with van der Waals surface area (Å²) >= 11 is 0. The van der Waals surface area contributed by atoms with Gasteiger partial charge >= 0.3 is 0 Å². The van der Waals surface area contributed by atoms with Gasteiger partial charge in [-0.1, -0.05) is 12.5 Å². The van der Waals surface area contributed by atoms with Crippen LogP contribution in [0.25, 0.3) is 5.65 Å². The first-order valence-electron chi connectivity index (χ1n) is 11.7. The second-order valence-corrected chi connectivity index (χ2v) is 9.37. The Morgan fingerprint density at radius 2 is 2.09 bits per heavy atom. The minimum absolute atomic E-state index is 0.0702. The van der Waals surface area contributed by atoms with E-state index in [0.29, 0.717) is 30.7 Å². The van der Waals surface area contributed by atoms with E-state index >= 15 is 0 Å². The third-order valence-electron chi connectivity index (χ3n) is 7.10. The van der Waals surface area contributed by atoms with E-state index in [1.165, 1.54) is 18.4 Å². The summed E-state index contributed by atoms with van der Waals surface area (Å²) in [6.45, 7) is 2.89. The number of hydrogen-bond donors (Lipinski definition) is 1. The lowest BCUT2D eigenvalue weighted by Gasteiger charge is -2.35. The fourth-order valence-corrected chi connectivity index (χ4v) is 5.21. The van der Waals surface area contributed by atoms with Crippen molar-refractivity contribution in [3.8, 4) is 0 Å². The highest BCUT2D eigenvalue weighted by molar-refractivity contribution is 5.81. The molecule has 3 aliphatic rings. The molecule has 1 atom stereocenters. The van der Waals surface area contributed by atoms with Crippen LogP contribution in [0.15, 0.2) is 35.4 Å². The number of piperidine rings is 1. The summed E-state index contributed by atoms with van der Waals surface area (Å²) in [5, 5.41) is 3.36. The van der Waals surface area contributed by atoms with E-state index in [9.17, 15) is 9.59 Å². The summed E-state index contributed by atoms with van der Waals surface area (Å²) in [7, 11) is 0. The first kappa shape index (κ1) is 19.7. The van der Waals surface area contributed by atoms with Crippen molar-refractivity contribution in [1.82, 2.24) is 29.4 Å². The summed E-state index contributed by atoms with van der Waals surface area (Å²) in [4.78, 5) is 39.2. The first-order chi connectivity index (χ1) is 15.7. The Balaban J connectivity index is 1.31. The van der Waals surface area contributed by atoms with Crippen LogP contribution in [0.4, 0.5) is 0 Å². The zero-order valence-corrected chi connectivity index (χ0v) is 18.2. The first-order valence-corrected chi connectivity index (χ1v) is 11.7. The monoisotopic (exact) mass is 432 g/mol. The number of carbonyl (C=O) groups excluding carboxylic acids is 1. The molecule has 2 fully saturated rings. The van der Waals surface area contributed by atoms with Crippen molar-refractivity contribution in [2.45, 2.75) is 57.7 Å². The molecule has 32 heavy (non-hydrogen) atoms. The maximum atomic E-state index is 13.3. The van der Waals surface area contributed by atoms with Crippen LogP contribution in [0.5, 0.6) is 0 Å². The highest BCUT2D eigenvalue weighted by Gasteiger charge is 2.36. The van der Waals surface area contributed by atoms with Crippen molar-refractivity contribution < 1.29 is 4.79 Å². The summed E-state index contributed by atoms with van der Waals surface area (Å²) in [6, 6.07) is 6.34. The van der Waals surface area contributed by atoms with Gasteiger partial charge in [0.1, 0.15) is 0 Å². The molecule has 2 aliphatic heterocycles. The Hall–Kier alpha value is -3.00. The SMILES string of the molecule is O=C(C1CC1)N1CCc2nc3cc(C4CCCCN4Cc4cccnc4)[nH]n3c(=O)c2C1. The number of hydrogen-bond acceptors (Lipinski definition) is 5. The summed E-state index contributed by atoms with van der Waals surface area (Å²) in [6.07, 6.45) is 9.72. The quantitative estimate of drug-likeness (QED) is 0.684. The van der Waals surface area contributed by atoms with Crippen LogP contribution in [-0.2, 0) is 24.3 Å². The number of H-pyrrole nitrogens is 1. The van der Waals surface area contributed by atoms with Gasteiger partial charge in [-0.2, -0.15) is 0 Å². The lowest BCUT2D eigenvalue weighted by molar-refractivity contribution is -0.133. The highest BCUT2D eigenvalue weighted by Crippen LogP contribution is 2.33. The van der Waals surface area contributed by atoms with Gasteiger partial charge in [-0.25, -0.2) is 9.50 Å². The number of fused-ring (bicyclic) bond motifs is 2. The molecule has 1 saturated carbocycles. The van der Waals surface area contributed by atoms with Gasteiger partial charge in [-0.05, 0) is 43.9 Å². The molecule has 8 nitrogen and oxygen atoms in total. The largest absolute Gasteiger partial charge is 0.337 e. The Morgan fingerprint density at radius 3 is 2.91 bits per heavy atom. The van der Waals surface area contributed by atoms with Gasteiger partial charge < -0.3 is 4.90 Å². The summed E-state index contributed by atoms with van der Waals surface area (Å²) in [5.41, 5.74) is 4.34. The average molecular weight is 433 g/mol. The van der Waals surface area contributed by atoms with Crippen molar-refractivity contribution in [2.75, 3.05) is 13.1 Å². The number of rotatable bonds is 4. The maximum absolute atomic E-state index is 13.3. The zero-order valence-electron chi connectivity index (χ0n) is 18.2. The summed E-state index contributed by atoms with van der Waals surface area (Å²) < 4.78 is 1.58. The Kier molecular flexibility index (Phi) is 4.82. The van der Waals surface area contributed by atoms with Crippen LogP contribution in [0, 0.1) is 5.92 Å². The minimum atomic E-state index is -0.0702. The van der Waals surface area contributed by atoms with Gasteiger partial charge in [0, 0.05) is 43.9 Å². The Labute approximate surface area is 186 Å². The molecule has 1 amide bonds. The minimum Gasteiger partial charge on any atom is -0.337 e. The van der Waals surface area contributed by atoms with Crippen molar-refractivity contribution in [3.63, 3.8) is 0 Å². The van der Waals surface area contributed by atoms with Crippen LogP contribution in [0.2, 0.25) is 0 Å². The predicted molar refractivity (Wildman–Crippen MR) is 119 cm³/mol. The number of pyridine rings is 1. The van der Waals surface area contributed by atoms with Crippen LogP contribution >= 0.6 is 0 Å². The molecule has 1 saturated heterocycles. The lowest BCUT2D eigenvalue weighted by atomic mass is 9.99. The fraction of sp³-hybridized carbons (Fsp3) is 0.500. The van der Waals surface area contributed by atoms with Gasteiger partial charge in [0.05, 0.1) is 29.5 Å².